The third kappa shape index (κ3) is 3.21. The zero-order valence-electron chi connectivity index (χ0n) is 11.7. The quantitative estimate of drug-likeness (QED) is 0.887. The van der Waals surface area contributed by atoms with Crippen molar-refractivity contribution in [3.05, 3.63) is 29.6 Å². The second-order valence-corrected chi connectivity index (χ2v) is 5.65. The maximum atomic E-state index is 12.7. The Bertz CT molecular complexity index is 550. The molecule has 1 atom stereocenters. The molecule has 1 aliphatic carbocycles. The Kier molecular flexibility index (Phi) is 3.88. The van der Waals surface area contributed by atoms with Crippen LogP contribution in [0.25, 0.3) is 0 Å². The van der Waals surface area contributed by atoms with Crippen molar-refractivity contribution >= 4 is 11.9 Å². The largest absolute Gasteiger partial charge is 0.477 e. The van der Waals surface area contributed by atoms with Crippen molar-refractivity contribution in [1.82, 2.24) is 9.88 Å². The Morgan fingerprint density at radius 2 is 2.19 bits per heavy atom. The summed E-state index contributed by atoms with van der Waals surface area (Å²) in [6.45, 7) is 2.15. The monoisotopic (exact) mass is 290 g/mol. The lowest BCUT2D eigenvalue weighted by Crippen LogP contribution is -2.37. The molecule has 0 bridgehead atoms. The number of ether oxygens (including phenoxy) is 1. The van der Waals surface area contributed by atoms with Gasteiger partial charge in [0.25, 0.3) is 5.91 Å². The van der Waals surface area contributed by atoms with E-state index in [9.17, 15) is 9.59 Å². The Balaban J connectivity index is 1.77. The van der Waals surface area contributed by atoms with Crippen LogP contribution in [0.2, 0.25) is 0 Å². The van der Waals surface area contributed by atoms with E-state index < -0.39 is 5.97 Å². The minimum absolute atomic E-state index is 0.0965. The smallest absolute Gasteiger partial charge is 0.354 e. The topological polar surface area (TPSA) is 79.7 Å². The molecule has 0 spiro atoms. The first kappa shape index (κ1) is 14.0. The number of hydrogen-bond donors (Lipinski definition) is 1. The Labute approximate surface area is 122 Å². The third-order valence-electron chi connectivity index (χ3n) is 3.95. The fourth-order valence-electron chi connectivity index (χ4n) is 2.64. The SMILES string of the molecule is O=C(O)c1cc(C(=O)N(CC2CCOC2)C2CC2)ccn1. The lowest BCUT2D eigenvalue weighted by molar-refractivity contribution is 0.0690. The molecule has 1 unspecified atom stereocenters. The summed E-state index contributed by atoms with van der Waals surface area (Å²) in [5, 5.41) is 8.98. The van der Waals surface area contributed by atoms with Gasteiger partial charge < -0.3 is 14.7 Å². The van der Waals surface area contributed by atoms with Crippen molar-refractivity contribution in [2.24, 2.45) is 5.92 Å². The van der Waals surface area contributed by atoms with Gasteiger partial charge in [0.1, 0.15) is 5.69 Å². The molecule has 1 N–H and O–H groups in total. The number of carbonyl (C=O) groups excluding carboxylic acids is 1. The van der Waals surface area contributed by atoms with Crippen LogP contribution >= 0.6 is 0 Å². The van der Waals surface area contributed by atoms with E-state index in [2.05, 4.69) is 4.98 Å². The van der Waals surface area contributed by atoms with Crippen LogP contribution < -0.4 is 0 Å². The van der Waals surface area contributed by atoms with E-state index in [0.717, 1.165) is 25.9 Å². The summed E-state index contributed by atoms with van der Waals surface area (Å²) >= 11 is 0. The van der Waals surface area contributed by atoms with E-state index in [0.29, 0.717) is 30.7 Å². The molecule has 1 aromatic rings. The first-order chi connectivity index (χ1) is 10.1. The highest BCUT2D eigenvalue weighted by molar-refractivity contribution is 5.97. The van der Waals surface area contributed by atoms with Gasteiger partial charge in [-0.1, -0.05) is 0 Å². The Morgan fingerprint density at radius 3 is 2.81 bits per heavy atom. The second-order valence-electron chi connectivity index (χ2n) is 5.65. The summed E-state index contributed by atoms with van der Waals surface area (Å²) < 4.78 is 5.37. The molecule has 6 heteroatoms. The summed E-state index contributed by atoms with van der Waals surface area (Å²) in [5.41, 5.74) is 0.300. The van der Waals surface area contributed by atoms with E-state index in [4.69, 9.17) is 9.84 Å². The van der Waals surface area contributed by atoms with Crippen molar-refractivity contribution in [2.75, 3.05) is 19.8 Å². The van der Waals surface area contributed by atoms with Crippen LogP contribution in [0.15, 0.2) is 18.3 Å². The third-order valence-corrected chi connectivity index (χ3v) is 3.95. The molecular formula is C15H18N2O4. The Hall–Kier alpha value is -1.95. The van der Waals surface area contributed by atoms with Gasteiger partial charge in [-0.15, -0.1) is 0 Å². The molecule has 21 heavy (non-hydrogen) atoms. The molecule has 2 fully saturated rings. The minimum atomic E-state index is -1.12. The number of carboxylic acid groups (broad SMARTS) is 1. The van der Waals surface area contributed by atoms with E-state index in [1.807, 2.05) is 4.90 Å². The molecule has 3 rings (SSSR count). The van der Waals surface area contributed by atoms with E-state index in [1.54, 1.807) is 6.07 Å². The minimum Gasteiger partial charge on any atom is -0.477 e. The number of rotatable bonds is 5. The first-order valence-corrected chi connectivity index (χ1v) is 7.23. The van der Waals surface area contributed by atoms with E-state index in [-0.39, 0.29) is 11.6 Å². The molecule has 112 valence electrons. The molecule has 2 aliphatic rings. The number of aromatic nitrogens is 1. The van der Waals surface area contributed by atoms with Gasteiger partial charge in [-0.2, -0.15) is 0 Å². The molecule has 1 saturated carbocycles. The second kappa shape index (κ2) is 5.81. The molecule has 1 aliphatic heterocycles. The average Bonchev–Trinajstić information content (AvgIpc) is 3.20. The van der Waals surface area contributed by atoms with Gasteiger partial charge in [0.15, 0.2) is 0 Å². The maximum absolute atomic E-state index is 12.7. The number of carboxylic acids is 1. The molecule has 0 radical (unpaired) electrons. The van der Waals surface area contributed by atoms with Gasteiger partial charge >= 0.3 is 5.97 Å². The number of pyridine rings is 1. The van der Waals surface area contributed by atoms with Crippen LogP contribution in [-0.2, 0) is 4.74 Å². The van der Waals surface area contributed by atoms with Crippen LogP contribution in [0, 0.1) is 5.92 Å². The summed E-state index contributed by atoms with van der Waals surface area (Å²) in [5.74, 6) is -0.837. The highest BCUT2D eigenvalue weighted by atomic mass is 16.5. The van der Waals surface area contributed by atoms with Crippen LogP contribution in [-0.4, -0.2) is 52.7 Å². The van der Waals surface area contributed by atoms with Gasteiger partial charge in [0, 0.05) is 36.9 Å². The van der Waals surface area contributed by atoms with Gasteiger partial charge in [-0.3, -0.25) is 4.79 Å². The molecule has 1 amide bonds. The van der Waals surface area contributed by atoms with Gasteiger partial charge in [-0.25, -0.2) is 9.78 Å². The van der Waals surface area contributed by atoms with Crippen molar-refractivity contribution in [2.45, 2.75) is 25.3 Å². The van der Waals surface area contributed by atoms with Crippen molar-refractivity contribution in [3.63, 3.8) is 0 Å². The predicted octanol–water partition coefficient (Wildman–Crippen LogP) is 1.42. The molecule has 6 nitrogen and oxygen atoms in total. The standard InChI is InChI=1S/C15H18N2O4/c18-14(11-3-5-16-13(7-11)15(19)20)17(12-1-2-12)8-10-4-6-21-9-10/h3,5,7,10,12H,1-2,4,6,8-9H2,(H,19,20). The highest BCUT2D eigenvalue weighted by Gasteiger charge is 2.35. The zero-order valence-corrected chi connectivity index (χ0v) is 11.7. The highest BCUT2D eigenvalue weighted by Crippen LogP contribution is 2.30. The summed E-state index contributed by atoms with van der Waals surface area (Å²) in [7, 11) is 0. The maximum Gasteiger partial charge on any atom is 0.354 e. The Morgan fingerprint density at radius 1 is 1.38 bits per heavy atom. The summed E-state index contributed by atoms with van der Waals surface area (Å²) in [6, 6.07) is 3.22. The van der Waals surface area contributed by atoms with Crippen LogP contribution in [0.1, 0.15) is 40.1 Å². The van der Waals surface area contributed by atoms with Crippen molar-refractivity contribution in [3.8, 4) is 0 Å². The first-order valence-electron chi connectivity index (χ1n) is 7.23. The van der Waals surface area contributed by atoms with E-state index >= 15 is 0 Å². The number of hydrogen-bond acceptors (Lipinski definition) is 4. The normalized spacial score (nSPS) is 21.2. The van der Waals surface area contributed by atoms with Gasteiger partial charge in [0.05, 0.1) is 6.61 Å². The molecule has 1 saturated heterocycles. The molecule has 2 heterocycles. The van der Waals surface area contributed by atoms with Gasteiger partial charge in [-0.05, 0) is 31.4 Å². The molecular weight excluding hydrogens is 272 g/mol. The van der Waals surface area contributed by atoms with Crippen molar-refractivity contribution in [1.29, 1.82) is 0 Å². The number of amides is 1. The van der Waals surface area contributed by atoms with Gasteiger partial charge in [0.2, 0.25) is 0 Å². The van der Waals surface area contributed by atoms with Crippen LogP contribution in [0.4, 0.5) is 0 Å². The number of aromatic carboxylic acids is 1. The fraction of sp³-hybridized carbons (Fsp3) is 0.533. The lowest BCUT2D eigenvalue weighted by Gasteiger charge is -2.25. The lowest BCUT2D eigenvalue weighted by atomic mass is 10.1. The number of carbonyl (C=O) groups is 2. The van der Waals surface area contributed by atoms with E-state index in [1.165, 1.54) is 12.3 Å². The summed E-state index contributed by atoms with van der Waals surface area (Å²) in [6.07, 6.45) is 4.40. The zero-order chi connectivity index (χ0) is 14.8. The van der Waals surface area contributed by atoms with Crippen LogP contribution in [0.5, 0.6) is 0 Å². The van der Waals surface area contributed by atoms with Crippen LogP contribution in [0.3, 0.4) is 0 Å². The predicted molar refractivity (Wildman–Crippen MR) is 74.2 cm³/mol. The molecule has 0 aromatic carbocycles. The fourth-order valence-corrected chi connectivity index (χ4v) is 2.64. The number of nitrogens with zero attached hydrogens (tertiary/aromatic N) is 2. The molecule has 1 aromatic heterocycles. The summed E-state index contributed by atoms with van der Waals surface area (Å²) in [4.78, 5) is 29.2. The average molecular weight is 290 g/mol. The van der Waals surface area contributed by atoms with Crippen molar-refractivity contribution < 1.29 is 19.4 Å².